The van der Waals surface area contributed by atoms with Gasteiger partial charge >= 0.3 is 0 Å². The highest BCUT2D eigenvalue weighted by Gasteiger charge is 2.46. The van der Waals surface area contributed by atoms with E-state index in [9.17, 15) is 19.1 Å². The zero-order valence-electron chi connectivity index (χ0n) is 20.5. The molecule has 37 heavy (non-hydrogen) atoms. The van der Waals surface area contributed by atoms with Gasteiger partial charge in [0.15, 0.2) is 0 Å². The van der Waals surface area contributed by atoms with Crippen LogP contribution >= 0.6 is 0 Å². The Bertz CT molecular complexity index is 1500. The maximum absolute atomic E-state index is 13.5. The van der Waals surface area contributed by atoms with Crippen molar-refractivity contribution in [2.75, 3.05) is 0 Å². The topological polar surface area (TPSA) is 66.8 Å². The summed E-state index contributed by atoms with van der Waals surface area (Å²) in [4.78, 5) is 28.2. The smallest absolute Gasteiger partial charge is 0.295 e. The van der Waals surface area contributed by atoms with E-state index in [4.69, 9.17) is 4.74 Å². The van der Waals surface area contributed by atoms with Crippen LogP contribution in [-0.2, 0) is 16.1 Å². The molecule has 1 amide bonds. The van der Waals surface area contributed by atoms with Crippen molar-refractivity contribution in [1.82, 2.24) is 4.90 Å². The molecule has 1 heterocycles. The Labute approximate surface area is 214 Å². The van der Waals surface area contributed by atoms with Gasteiger partial charge in [-0.25, -0.2) is 4.39 Å². The van der Waals surface area contributed by atoms with Crippen LogP contribution in [0.4, 0.5) is 4.39 Å². The summed E-state index contributed by atoms with van der Waals surface area (Å²) < 4.78 is 19.2. The van der Waals surface area contributed by atoms with E-state index in [1.54, 1.807) is 36.4 Å². The summed E-state index contributed by atoms with van der Waals surface area (Å²) in [6, 6.07) is 25.1. The van der Waals surface area contributed by atoms with E-state index in [1.165, 1.54) is 17.0 Å². The quantitative estimate of drug-likeness (QED) is 0.191. The largest absolute Gasteiger partial charge is 0.507 e. The number of ketones is 1. The zero-order valence-corrected chi connectivity index (χ0v) is 20.5. The number of hydrogen-bond donors (Lipinski definition) is 1. The Morgan fingerprint density at radius 1 is 0.919 bits per heavy atom. The molecule has 1 unspecified atom stereocenters. The van der Waals surface area contributed by atoms with Gasteiger partial charge in [-0.3, -0.25) is 9.59 Å². The second-order valence-electron chi connectivity index (χ2n) is 9.31. The van der Waals surface area contributed by atoms with Gasteiger partial charge in [-0.15, -0.1) is 0 Å². The minimum atomic E-state index is -0.831. The molecule has 5 rings (SSSR count). The Balaban J connectivity index is 1.66. The Morgan fingerprint density at radius 3 is 2.30 bits per heavy atom. The van der Waals surface area contributed by atoms with Gasteiger partial charge in [0.05, 0.1) is 17.7 Å². The maximum Gasteiger partial charge on any atom is 0.295 e. The molecular weight excluding hydrogens is 469 g/mol. The van der Waals surface area contributed by atoms with E-state index in [-0.39, 0.29) is 29.8 Å². The lowest BCUT2D eigenvalue weighted by Crippen LogP contribution is -2.29. The SMILES string of the molecule is CC(C)Oc1ccc(/C(O)=C2/C(=O)C(=O)N(Cc3ccc(F)cc3)C2c2cccc3ccccc23)cc1. The number of benzene rings is 4. The summed E-state index contributed by atoms with van der Waals surface area (Å²) in [6.07, 6.45) is -0.0115. The van der Waals surface area contributed by atoms with E-state index >= 15 is 0 Å². The number of hydrogen-bond acceptors (Lipinski definition) is 4. The fourth-order valence-corrected chi connectivity index (χ4v) is 4.76. The van der Waals surface area contributed by atoms with Crippen molar-refractivity contribution in [2.24, 2.45) is 0 Å². The molecule has 1 aliphatic rings. The van der Waals surface area contributed by atoms with E-state index < -0.39 is 17.7 Å². The number of halogens is 1. The first-order valence-electron chi connectivity index (χ1n) is 12.1. The minimum Gasteiger partial charge on any atom is -0.507 e. The third-order valence-electron chi connectivity index (χ3n) is 6.42. The molecule has 0 aromatic heterocycles. The molecule has 1 aliphatic heterocycles. The van der Waals surface area contributed by atoms with E-state index in [2.05, 4.69) is 0 Å². The highest BCUT2D eigenvalue weighted by molar-refractivity contribution is 6.46. The van der Waals surface area contributed by atoms with Crippen LogP contribution < -0.4 is 4.74 Å². The standard InChI is InChI=1S/C31H26FNO4/c1-19(2)37-24-16-12-22(13-17-24)29(34)27-28(26-9-5-7-21-6-3-4-8-25(21)26)33(31(36)30(27)35)18-20-10-14-23(32)15-11-20/h3-17,19,28,34H,18H2,1-2H3/b29-27-. The maximum atomic E-state index is 13.5. The highest BCUT2D eigenvalue weighted by atomic mass is 19.1. The predicted octanol–water partition coefficient (Wildman–Crippen LogP) is 6.39. The van der Waals surface area contributed by atoms with Crippen molar-refractivity contribution in [1.29, 1.82) is 0 Å². The van der Waals surface area contributed by atoms with E-state index in [0.29, 0.717) is 16.9 Å². The second kappa shape index (κ2) is 9.90. The molecule has 4 aromatic carbocycles. The number of ether oxygens (including phenoxy) is 1. The molecule has 6 heteroatoms. The lowest BCUT2D eigenvalue weighted by atomic mass is 9.91. The fraction of sp³-hybridized carbons (Fsp3) is 0.161. The molecular formula is C31H26FNO4. The Morgan fingerprint density at radius 2 is 1.59 bits per heavy atom. The molecule has 0 radical (unpaired) electrons. The van der Waals surface area contributed by atoms with Gasteiger partial charge in [-0.05, 0) is 72.1 Å². The lowest BCUT2D eigenvalue weighted by molar-refractivity contribution is -0.140. The number of likely N-dealkylation sites (tertiary alicyclic amines) is 1. The van der Waals surface area contributed by atoms with Gasteiger partial charge in [0.2, 0.25) is 0 Å². The van der Waals surface area contributed by atoms with Gasteiger partial charge in [0.25, 0.3) is 11.7 Å². The number of amides is 1. The molecule has 1 fully saturated rings. The van der Waals surface area contributed by atoms with Gasteiger partial charge in [0, 0.05) is 12.1 Å². The number of fused-ring (bicyclic) bond motifs is 1. The van der Waals surface area contributed by atoms with Crippen molar-refractivity contribution in [3.05, 3.63) is 119 Å². The molecule has 1 atom stereocenters. The number of rotatable bonds is 6. The summed E-state index contributed by atoms with van der Waals surface area (Å²) in [5.41, 5.74) is 1.81. The molecule has 0 spiro atoms. The average molecular weight is 496 g/mol. The fourth-order valence-electron chi connectivity index (χ4n) is 4.76. The van der Waals surface area contributed by atoms with Crippen molar-refractivity contribution < 1.29 is 23.8 Å². The van der Waals surface area contributed by atoms with Crippen molar-refractivity contribution in [3.8, 4) is 5.75 Å². The zero-order chi connectivity index (χ0) is 26.1. The summed E-state index contributed by atoms with van der Waals surface area (Å²) in [7, 11) is 0. The van der Waals surface area contributed by atoms with Crippen LogP contribution in [0.15, 0.2) is 96.6 Å². The molecule has 4 aromatic rings. The summed E-state index contributed by atoms with van der Waals surface area (Å²) in [6.45, 7) is 3.91. The first-order valence-corrected chi connectivity index (χ1v) is 12.1. The number of aliphatic hydroxyl groups is 1. The van der Waals surface area contributed by atoms with Crippen LogP contribution in [0.3, 0.4) is 0 Å². The van der Waals surface area contributed by atoms with Crippen molar-refractivity contribution >= 4 is 28.2 Å². The number of Topliss-reactive ketones (excluding diaryl/α,β-unsaturated/α-hetero) is 1. The molecule has 1 saturated heterocycles. The van der Waals surface area contributed by atoms with Gasteiger partial charge in [-0.2, -0.15) is 0 Å². The number of carbonyl (C=O) groups excluding carboxylic acids is 2. The Kier molecular flexibility index (Phi) is 6.49. The third-order valence-corrected chi connectivity index (χ3v) is 6.42. The predicted molar refractivity (Wildman–Crippen MR) is 140 cm³/mol. The van der Waals surface area contributed by atoms with Crippen LogP contribution in [0.1, 0.15) is 36.6 Å². The molecule has 0 aliphatic carbocycles. The molecule has 1 N–H and O–H groups in total. The lowest BCUT2D eigenvalue weighted by Gasteiger charge is -2.26. The van der Waals surface area contributed by atoms with Crippen LogP contribution in [0.2, 0.25) is 0 Å². The average Bonchev–Trinajstić information content (AvgIpc) is 3.14. The summed E-state index contributed by atoms with van der Waals surface area (Å²) >= 11 is 0. The number of nitrogens with zero attached hydrogens (tertiary/aromatic N) is 1. The van der Waals surface area contributed by atoms with Crippen molar-refractivity contribution in [2.45, 2.75) is 32.5 Å². The molecule has 5 nitrogen and oxygen atoms in total. The monoisotopic (exact) mass is 495 g/mol. The van der Waals surface area contributed by atoms with Crippen LogP contribution in [0.25, 0.3) is 16.5 Å². The molecule has 0 saturated carbocycles. The van der Waals surface area contributed by atoms with Crippen LogP contribution in [-0.4, -0.2) is 27.8 Å². The first kappa shape index (κ1) is 24.3. The minimum absolute atomic E-state index is 0.0115. The first-order chi connectivity index (χ1) is 17.8. The van der Waals surface area contributed by atoms with Gasteiger partial charge < -0.3 is 14.7 Å². The molecule has 0 bridgehead atoms. The number of carbonyl (C=O) groups is 2. The van der Waals surface area contributed by atoms with Gasteiger partial charge in [0.1, 0.15) is 17.3 Å². The van der Waals surface area contributed by atoms with Crippen LogP contribution in [0.5, 0.6) is 5.75 Å². The van der Waals surface area contributed by atoms with Gasteiger partial charge in [-0.1, -0.05) is 54.6 Å². The summed E-state index contributed by atoms with van der Waals surface area (Å²) in [5.74, 6) is -1.49. The summed E-state index contributed by atoms with van der Waals surface area (Å²) in [5, 5.41) is 13.2. The number of aliphatic hydroxyl groups excluding tert-OH is 1. The highest BCUT2D eigenvalue weighted by Crippen LogP contribution is 2.42. The Hall–Kier alpha value is -4.45. The third kappa shape index (κ3) is 4.70. The second-order valence-corrected chi connectivity index (χ2v) is 9.31. The normalized spacial score (nSPS) is 17.1. The molecule has 186 valence electrons. The van der Waals surface area contributed by atoms with E-state index in [1.807, 2.05) is 56.3 Å². The van der Waals surface area contributed by atoms with Crippen LogP contribution in [0, 0.1) is 5.82 Å². The van der Waals surface area contributed by atoms with E-state index in [0.717, 1.165) is 16.3 Å². The van der Waals surface area contributed by atoms with Crippen molar-refractivity contribution in [3.63, 3.8) is 0 Å².